The highest BCUT2D eigenvalue weighted by Crippen LogP contribution is 2.77. The maximum absolute atomic E-state index is 12.6. The fourth-order valence-electron chi connectivity index (χ4n) is 7.12. The molecule has 4 fully saturated rings. The van der Waals surface area contributed by atoms with E-state index in [1.165, 1.54) is 44.1 Å². The number of benzene rings is 1. The molecule has 1 aromatic rings. The van der Waals surface area contributed by atoms with Crippen molar-refractivity contribution in [2.75, 3.05) is 0 Å². The summed E-state index contributed by atoms with van der Waals surface area (Å²) in [4.78, 5) is 14.8. The maximum atomic E-state index is 12.6. The number of fused-ring (bicyclic) bond motifs is 2. The molecule has 0 aromatic heterocycles. The van der Waals surface area contributed by atoms with E-state index in [2.05, 4.69) is 11.0 Å². The maximum Gasteiger partial charge on any atom is 0.220 e. The Morgan fingerprint density at radius 3 is 2.91 bits per heavy atom. The van der Waals surface area contributed by atoms with Crippen molar-refractivity contribution < 1.29 is 4.79 Å². The fraction of sp³-hybridized carbons (Fsp3) is 0.650. The summed E-state index contributed by atoms with van der Waals surface area (Å²) >= 11 is 0. The zero-order valence-corrected chi connectivity index (χ0v) is 13.9. The van der Waals surface area contributed by atoms with E-state index in [1.807, 2.05) is 18.2 Å². The van der Waals surface area contributed by atoms with Gasteiger partial charge in [-0.25, -0.2) is 0 Å². The fourth-order valence-corrected chi connectivity index (χ4v) is 7.12. The molecule has 2 nitrogen and oxygen atoms in total. The number of hydrogen-bond acceptors (Lipinski definition) is 1. The summed E-state index contributed by atoms with van der Waals surface area (Å²) < 4.78 is 0. The molecule has 2 radical (unpaired) electrons. The first kappa shape index (κ1) is 14.1. The van der Waals surface area contributed by atoms with Crippen LogP contribution < -0.4 is 5.46 Å². The van der Waals surface area contributed by atoms with Crippen LogP contribution in [0.4, 0.5) is 0 Å². The highest BCUT2D eigenvalue weighted by molar-refractivity contribution is 6.32. The lowest BCUT2D eigenvalue weighted by atomic mass is 9.56. The molecule has 1 spiro atoms. The van der Waals surface area contributed by atoms with E-state index in [0.29, 0.717) is 5.41 Å². The van der Waals surface area contributed by atoms with Crippen molar-refractivity contribution in [3.63, 3.8) is 0 Å². The van der Waals surface area contributed by atoms with Crippen LogP contribution in [0.15, 0.2) is 24.3 Å². The third-order valence-electron chi connectivity index (χ3n) is 7.68. The number of hydrogen-bond donors (Lipinski definition) is 0. The largest absolute Gasteiger partial charge is 0.333 e. The van der Waals surface area contributed by atoms with Crippen LogP contribution >= 0.6 is 0 Å². The Morgan fingerprint density at radius 1 is 1.26 bits per heavy atom. The highest BCUT2D eigenvalue weighted by Gasteiger charge is 2.72. The van der Waals surface area contributed by atoms with Gasteiger partial charge < -0.3 is 4.90 Å². The Labute approximate surface area is 140 Å². The van der Waals surface area contributed by atoms with Gasteiger partial charge in [-0.15, -0.1) is 0 Å². The van der Waals surface area contributed by atoms with E-state index in [4.69, 9.17) is 7.85 Å². The minimum absolute atomic E-state index is 0.134. The van der Waals surface area contributed by atoms with Gasteiger partial charge in [-0.05, 0) is 67.3 Å². The second kappa shape index (κ2) is 4.43. The molecule has 0 saturated heterocycles. The lowest BCUT2D eigenvalue weighted by Gasteiger charge is -2.50. The van der Waals surface area contributed by atoms with Crippen LogP contribution in [-0.2, 0) is 11.3 Å². The van der Waals surface area contributed by atoms with Gasteiger partial charge in [0.25, 0.3) is 0 Å². The van der Waals surface area contributed by atoms with Gasteiger partial charge in [-0.3, -0.25) is 4.79 Å². The molecule has 5 rings (SSSR count). The lowest BCUT2D eigenvalue weighted by molar-refractivity contribution is -0.138. The molecular formula is C20H24BNO. The molecule has 1 aromatic carbocycles. The normalized spacial score (nSPS) is 42.4. The predicted octanol–water partition coefficient (Wildman–Crippen LogP) is 2.80. The van der Waals surface area contributed by atoms with Crippen LogP contribution in [0.3, 0.4) is 0 Å². The van der Waals surface area contributed by atoms with Crippen molar-refractivity contribution in [1.29, 1.82) is 0 Å². The van der Waals surface area contributed by atoms with Gasteiger partial charge in [0.15, 0.2) is 0 Å². The molecular weight excluding hydrogens is 281 g/mol. The van der Waals surface area contributed by atoms with Gasteiger partial charge in [0.2, 0.25) is 5.91 Å². The van der Waals surface area contributed by atoms with E-state index >= 15 is 0 Å². The Kier molecular flexibility index (Phi) is 2.72. The predicted molar refractivity (Wildman–Crippen MR) is 91.4 cm³/mol. The van der Waals surface area contributed by atoms with Gasteiger partial charge in [0.1, 0.15) is 7.85 Å². The first-order valence-corrected chi connectivity index (χ1v) is 9.13. The quantitative estimate of drug-likeness (QED) is 0.786. The molecule has 0 N–H and O–H groups in total. The van der Waals surface area contributed by atoms with Gasteiger partial charge in [0.05, 0.1) is 0 Å². The number of nitrogens with zero attached hydrogens (tertiary/aromatic N) is 1. The zero-order chi connectivity index (χ0) is 15.8. The van der Waals surface area contributed by atoms with Crippen molar-refractivity contribution in [1.82, 2.24) is 4.90 Å². The van der Waals surface area contributed by atoms with Crippen LogP contribution in [0.25, 0.3) is 0 Å². The minimum atomic E-state index is 0.134. The Hall–Kier alpha value is -1.25. The first-order valence-electron chi connectivity index (χ1n) is 9.13. The molecule has 118 valence electrons. The van der Waals surface area contributed by atoms with Crippen LogP contribution in [0, 0.1) is 23.2 Å². The monoisotopic (exact) mass is 305 g/mol. The standard InChI is InChI=1S/C20H24BNO/c1-13(23)22(11-14-3-2-4-18(21)6-14)19-8-15-5-16-7-17(10-19)20(16,9-15)12-19/h2-4,6,15-17H,5,7-12H2,1H3. The number of rotatable bonds is 3. The Balaban J connectivity index is 1.49. The summed E-state index contributed by atoms with van der Waals surface area (Å²) in [6, 6.07) is 8.04. The smallest absolute Gasteiger partial charge is 0.220 e. The van der Waals surface area contributed by atoms with Gasteiger partial charge in [-0.1, -0.05) is 29.7 Å². The molecule has 0 heterocycles. The number of carbonyl (C=O) groups excluding carboxylic acids is 1. The van der Waals surface area contributed by atoms with Gasteiger partial charge in [-0.2, -0.15) is 0 Å². The summed E-state index contributed by atoms with van der Waals surface area (Å²) in [6.07, 6.45) is 8.08. The average Bonchev–Trinajstić information content (AvgIpc) is 2.80. The number of amides is 1. The molecule has 23 heavy (non-hydrogen) atoms. The molecule has 0 aliphatic heterocycles. The zero-order valence-electron chi connectivity index (χ0n) is 13.9. The van der Waals surface area contributed by atoms with E-state index in [0.717, 1.165) is 29.8 Å². The molecule has 4 aliphatic carbocycles. The van der Waals surface area contributed by atoms with E-state index < -0.39 is 0 Å². The summed E-state index contributed by atoms with van der Waals surface area (Å²) in [5, 5.41) is 0. The van der Waals surface area contributed by atoms with E-state index in [1.54, 1.807) is 6.92 Å². The molecule has 4 saturated carbocycles. The Bertz CT molecular complexity index is 684. The van der Waals surface area contributed by atoms with Crippen molar-refractivity contribution in [2.45, 2.75) is 57.5 Å². The summed E-state index contributed by atoms with van der Waals surface area (Å²) in [5.41, 5.74) is 2.71. The minimum Gasteiger partial charge on any atom is -0.333 e. The molecule has 3 heteroatoms. The SMILES string of the molecule is [B]c1cccc(CN(C(C)=O)C23CC4CC5CC(C2)C5(C4)C3)c1. The Morgan fingerprint density at radius 2 is 2.13 bits per heavy atom. The van der Waals surface area contributed by atoms with Crippen molar-refractivity contribution in [3.8, 4) is 0 Å². The molecule has 1 amide bonds. The molecule has 4 aliphatic rings. The van der Waals surface area contributed by atoms with Crippen LogP contribution in [0.5, 0.6) is 0 Å². The van der Waals surface area contributed by atoms with Gasteiger partial charge in [0, 0.05) is 19.0 Å². The third-order valence-corrected chi connectivity index (χ3v) is 7.68. The van der Waals surface area contributed by atoms with Gasteiger partial charge >= 0.3 is 0 Å². The highest BCUT2D eigenvalue weighted by atomic mass is 16.2. The lowest BCUT2D eigenvalue weighted by Crippen LogP contribution is -2.51. The van der Waals surface area contributed by atoms with Crippen LogP contribution in [0.1, 0.15) is 51.0 Å². The van der Waals surface area contributed by atoms with Crippen LogP contribution in [-0.4, -0.2) is 24.2 Å². The van der Waals surface area contributed by atoms with Crippen molar-refractivity contribution >= 4 is 19.2 Å². The topological polar surface area (TPSA) is 20.3 Å². The second-order valence-electron chi connectivity index (χ2n) is 8.83. The molecule has 5 unspecified atom stereocenters. The molecule has 3 bridgehead atoms. The van der Waals surface area contributed by atoms with E-state index in [-0.39, 0.29) is 11.4 Å². The van der Waals surface area contributed by atoms with Crippen molar-refractivity contribution in [3.05, 3.63) is 29.8 Å². The van der Waals surface area contributed by atoms with E-state index in [9.17, 15) is 4.79 Å². The number of carbonyl (C=O) groups is 1. The molecule has 5 atom stereocenters. The third kappa shape index (κ3) is 1.80. The summed E-state index contributed by atoms with van der Waals surface area (Å²) in [5.74, 6) is 2.97. The second-order valence-corrected chi connectivity index (χ2v) is 8.83. The summed E-state index contributed by atoms with van der Waals surface area (Å²) in [6.45, 7) is 2.48. The first-order chi connectivity index (χ1) is 11.0. The average molecular weight is 305 g/mol. The van der Waals surface area contributed by atoms with Crippen LogP contribution in [0.2, 0.25) is 0 Å². The summed E-state index contributed by atoms with van der Waals surface area (Å²) in [7, 11) is 5.94. The van der Waals surface area contributed by atoms with Crippen molar-refractivity contribution in [2.24, 2.45) is 23.2 Å².